The fourth-order valence-corrected chi connectivity index (χ4v) is 3.22. The molecule has 18 heavy (non-hydrogen) atoms. The van der Waals surface area contributed by atoms with Crippen molar-refractivity contribution in [2.24, 2.45) is 18.9 Å². The Morgan fingerprint density at radius 2 is 2.28 bits per heavy atom. The van der Waals surface area contributed by atoms with E-state index in [2.05, 4.69) is 35.8 Å². The summed E-state index contributed by atoms with van der Waals surface area (Å²) in [5, 5.41) is 3.69. The van der Waals surface area contributed by atoms with Gasteiger partial charge in [0, 0.05) is 31.9 Å². The van der Waals surface area contributed by atoms with Crippen molar-refractivity contribution in [1.82, 2.24) is 14.9 Å². The third kappa shape index (κ3) is 3.14. The molecular weight excluding hydrogens is 222 g/mol. The second-order valence-corrected chi connectivity index (χ2v) is 5.75. The fourth-order valence-electron chi connectivity index (χ4n) is 3.22. The Bertz CT molecular complexity index is 358. The number of nitrogens with one attached hydrogen (secondary N) is 1. The molecule has 0 saturated heterocycles. The average Bonchev–Trinajstić information content (AvgIpc) is 2.92. The zero-order valence-electron chi connectivity index (χ0n) is 12.0. The monoisotopic (exact) mass is 249 g/mol. The molecule has 1 N–H and O–H groups in total. The largest absolute Gasteiger partial charge is 0.338 e. The molecule has 0 bridgehead atoms. The summed E-state index contributed by atoms with van der Waals surface area (Å²) in [5.41, 5.74) is 0. The van der Waals surface area contributed by atoms with E-state index in [4.69, 9.17) is 0 Å². The molecule has 102 valence electrons. The molecule has 1 saturated carbocycles. The van der Waals surface area contributed by atoms with E-state index in [0.29, 0.717) is 0 Å². The van der Waals surface area contributed by atoms with Crippen molar-refractivity contribution in [3.05, 3.63) is 18.2 Å². The minimum absolute atomic E-state index is 0.747. The molecule has 3 nitrogen and oxygen atoms in total. The average molecular weight is 249 g/mol. The SMILES string of the molecule is CCCNC1CCC(CCc2nccn2C)C1C. The topological polar surface area (TPSA) is 29.9 Å². The molecule has 1 aromatic rings. The maximum atomic E-state index is 4.42. The molecule has 2 rings (SSSR count). The van der Waals surface area contributed by atoms with Crippen LogP contribution in [-0.2, 0) is 13.5 Å². The lowest BCUT2D eigenvalue weighted by atomic mass is 9.91. The summed E-state index contributed by atoms with van der Waals surface area (Å²) in [6, 6.07) is 0.747. The van der Waals surface area contributed by atoms with Gasteiger partial charge in [-0.1, -0.05) is 13.8 Å². The number of imidazole rings is 1. The maximum absolute atomic E-state index is 4.42. The van der Waals surface area contributed by atoms with Gasteiger partial charge in [-0.3, -0.25) is 0 Å². The molecule has 1 heterocycles. The van der Waals surface area contributed by atoms with Crippen LogP contribution in [0.4, 0.5) is 0 Å². The summed E-state index contributed by atoms with van der Waals surface area (Å²) in [4.78, 5) is 4.42. The van der Waals surface area contributed by atoms with E-state index >= 15 is 0 Å². The molecule has 3 unspecified atom stereocenters. The number of aryl methyl sites for hydroxylation is 2. The van der Waals surface area contributed by atoms with E-state index in [1.54, 1.807) is 0 Å². The van der Waals surface area contributed by atoms with Crippen LogP contribution in [-0.4, -0.2) is 22.1 Å². The van der Waals surface area contributed by atoms with Gasteiger partial charge in [-0.2, -0.15) is 0 Å². The van der Waals surface area contributed by atoms with Gasteiger partial charge in [0.1, 0.15) is 5.82 Å². The quantitative estimate of drug-likeness (QED) is 0.840. The van der Waals surface area contributed by atoms with Crippen molar-refractivity contribution in [2.45, 2.75) is 52.0 Å². The third-order valence-corrected chi connectivity index (χ3v) is 4.54. The van der Waals surface area contributed by atoms with Crippen LogP contribution in [0.15, 0.2) is 12.4 Å². The van der Waals surface area contributed by atoms with E-state index in [-0.39, 0.29) is 0 Å². The molecule has 1 aliphatic carbocycles. The van der Waals surface area contributed by atoms with Crippen molar-refractivity contribution >= 4 is 0 Å². The second-order valence-electron chi connectivity index (χ2n) is 5.75. The zero-order chi connectivity index (χ0) is 13.0. The van der Waals surface area contributed by atoms with Crippen molar-refractivity contribution < 1.29 is 0 Å². The van der Waals surface area contributed by atoms with Gasteiger partial charge in [-0.15, -0.1) is 0 Å². The van der Waals surface area contributed by atoms with E-state index in [1.165, 1.54) is 38.1 Å². The lowest BCUT2D eigenvalue weighted by Gasteiger charge is -2.21. The van der Waals surface area contributed by atoms with E-state index in [9.17, 15) is 0 Å². The van der Waals surface area contributed by atoms with Crippen LogP contribution in [0.25, 0.3) is 0 Å². The van der Waals surface area contributed by atoms with Crippen molar-refractivity contribution in [3.63, 3.8) is 0 Å². The summed E-state index contributed by atoms with van der Waals surface area (Å²) >= 11 is 0. The van der Waals surface area contributed by atoms with Crippen molar-refractivity contribution in [2.75, 3.05) is 6.54 Å². The second kappa shape index (κ2) is 6.37. The zero-order valence-corrected chi connectivity index (χ0v) is 12.0. The first kappa shape index (κ1) is 13.6. The van der Waals surface area contributed by atoms with Gasteiger partial charge in [0.2, 0.25) is 0 Å². The van der Waals surface area contributed by atoms with Gasteiger partial charge < -0.3 is 9.88 Å². The van der Waals surface area contributed by atoms with Gasteiger partial charge in [0.25, 0.3) is 0 Å². The molecule has 1 fully saturated rings. The summed E-state index contributed by atoms with van der Waals surface area (Å²) in [7, 11) is 2.09. The number of hydrogen-bond donors (Lipinski definition) is 1. The molecule has 0 radical (unpaired) electrons. The fraction of sp³-hybridized carbons (Fsp3) is 0.800. The lowest BCUT2D eigenvalue weighted by molar-refractivity contribution is 0.335. The highest BCUT2D eigenvalue weighted by Crippen LogP contribution is 2.34. The highest BCUT2D eigenvalue weighted by Gasteiger charge is 2.31. The minimum Gasteiger partial charge on any atom is -0.338 e. The number of aromatic nitrogens is 2. The minimum atomic E-state index is 0.747. The van der Waals surface area contributed by atoms with Gasteiger partial charge in [0.05, 0.1) is 0 Å². The standard InChI is InChI=1S/C15H27N3/c1-4-9-16-14-7-5-13(12(14)2)6-8-15-17-10-11-18(15)3/h10-14,16H,4-9H2,1-3H3. The Morgan fingerprint density at radius 1 is 1.44 bits per heavy atom. The van der Waals surface area contributed by atoms with Crippen LogP contribution < -0.4 is 5.32 Å². The van der Waals surface area contributed by atoms with Crippen molar-refractivity contribution in [1.29, 1.82) is 0 Å². The maximum Gasteiger partial charge on any atom is 0.108 e. The molecule has 1 aromatic heterocycles. The Kier molecular flexibility index (Phi) is 4.81. The normalized spacial score (nSPS) is 27.8. The van der Waals surface area contributed by atoms with Gasteiger partial charge in [-0.25, -0.2) is 4.98 Å². The summed E-state index contributed by atoms with van der Waals surface area (Å²) in [6.07, 6.45) is 10.3. The first-order valence-corrected chi connectivity index (χ1v) is 7.42. The predicted molar refractivity (Wildman–Crippen MR) is 75.5 cm³/mol. The van der Waals surface area contributed by atoms with Crippen LogP contribution in [0.2, 0.25) is 0 Å². The summed E-state index contributed by atoms with van der Waals surface area (Å²) < 4.78 is 2.15. The van der Waals surface area contributed by atoms with Crippen molar-refractivity contribution in [3.8, 4) is 0 Å². The predicted octanol–water partition coefficient (Wildman–Crippen LogP) is 2.77. The first-order valence-electron chi connectivity index (χ1n) is 7.42. The third-order valence-electron chi connectivity index (χ3n) is 4.54. The number of hydrogen-bond acceptors (Lipinski definition) is 2. The van der Waals surface area contributed by atoms with Crippen LogP contribution in [0, 0.1) is 11.8 Å². The summed E-state index contributed by atoms with van der Waals surface area (Å²) in [5.74, 6) is 2.92. The Balaban J connectivity index is 1.79. The molecule has 0 spiro atoms. The van der Waals surface area contributed by atoms with E-state index in [0.717, 1.165) is 24.3 Å². The van der Waals surface area contributed by atoms with E-state index in [1.807, 2.05) is 12.4 Å². The molecule has 3 heteroatoms. The van der Waals surface area contributed by atoms with Crippen LogP contribution in [0.5, 0.6) is 0 Å². The van der Waals surface area contributed by atoms with Gasteiger partial charge in [0.15, 0.2) is 0 Å². The molecular formula is C15H27N3. The highest BCUT2D eigenvalue weighted by molar-refractivity contribution is 4.94. The molecule has 0 aliphatic heterocycles. The number of rotatable bonds is 6. The molecule has 0 aromatic carbocycles. The lowest BCUT2D eigenvalue weighted by Crippen LogP contribution is -2.33. The van der Waals surface area contributed by atoms with Crippen LogP contribution in [0.3, 0.4) is 0 Å². The smallest absolute Gasteiger partial charge is 0.108 e. The highest BCUT2D eigenvalue weighted by atomic mass is 15.0. The first-order chi connectivity index (χ1) is 8.72. The van der Waals surface area contributed by atoms with E-state index < -0.39 is 0 Å². The molecule has 0 amide bonds. The molecule has 1 aliphatic rings. The number of nitrogens with zero attached hydrogens (tertiary/aromatic N) is 2. The molecule has 3 atom stereocenters. The van der Waals surface area contributed by atoms with Crippen LogP contribution in [0.1, 0.15) is 45.4 Å². The summed E-state index contributed by atoms with van der Waals surface area (Å²) in [6.45, 7) is 5.83. The Labute approximate surface area is 111 Å². The van der Waals surface area contributed by atoms with Gasteiger partial charge in [-0.05, 0) is 44.1 Å². The Hall–Kier alpha value is -0.830. The Morgan fingerprint density at radius 3 is 2.94 bits per heavy atom. The van der Waals surface area contributed by atoms with Gasteiger partial charge >= 0.3 is 0 Å². The van der Waals surface area contributed by atoms with Crippen LogP contribution >= 0.6 is 0 Å².